The molecule has 15 heavy (non-hydrogen) atoms. The molecule has 0 saturated heterocycles. The summed E-state index contributed by atoms with van der Waals surface area (Å²) in [6.45, 7) is 4.00. The van der Waals surface area contributed by atoms with Crippen LogP contribution in [0.25, 0.3) is 5.78 Å². The summed E-state index contributed by atoms with van der Waals surface area (Å²) in [6.07, 6.45) is 1.83. The number of aromatic nitrogens is 5. The van der Waals surface area contributed by atoms with Gasteiger partial charge in [0.15, 0.2) is 5.16 Å². The van der Waals surface area contributed by atoms with E-state index in [4.69, 9.17) is 5.73 Å². The molecule has 0 unspecified atom stereocenters. The lowest BCUT2D eigenvalue weighted by atomic mass is 10.7. The van der Waals surface area contributed by atoms with Crippen LogP contribution in [-0.2, 0) is 0 Å². The molecule has 8 heteroatoms. The first-order chi connectivity index (χ1) is 7.22. The van der Waals surface area contributed by atoms with Gasteiger partial charge in [-0.2, -0.15) is 9.50 Å². The number of H-pyrrole nitrogens is 1. The maximum Gasteiger partial charge on any atom is 0.316 e. The highest BCUT2D eigenvalue weighted by Gasteiger charge is 2.07. The average molecular weight is 228 g/mol. The van der Waals surface area contributed by atoms with Crippen LogP contribution in [0, 0.1) is 0 Å². The predicted octanol–water partition coefficient (Wildman–Crippen LogP) is 0.143. The molecule has 0 aliphatic heterocycles. The van der Waals surface area contributed by atoms with Crippen LogP contribution >= 0.6 is 11.8 Å². The Balaban J connectivity index is 0.000000531. The lowest BCUT2D eigenvalue weighted by Gasteiger charge is -1.89. The van der Waals surface area contributed by atoms with Crippen molar-refractivity contribution in [1.82, 2.24) is 24.8 Å². The third-order valence-corrected chi connectivity index (χ3v) is 2.04. The summed E-state index contributed by atoms with van der Waals surface area (Å²) in [5.74, 6) is 0.0809. The fraction of sp³-hybridized carbons (Fsp3) is 0.429. The molecule has 2 aromatic heterocycles. The van der Waals surface area contributed by atoms with Gasteiger partial charge in [0, 0.05) is 0 Å². The molecule has 0 aromatic carbocycles. The Kier molecular flexibility index (Phi) is 3.67. The third-order valence-electron chi connectivity index (χ3n) is 1.47. The number of rotatable bonds is 1. The van der Waals surface area contributed by atoms with Gasteiger partial charge < -0.3 is 5.73 Å². The van der Waals surface area contributed by atoms with Gasteiger partial charge in [0.05, 0.1) is 0 Å². The summed E-state index contributed by atoms with van der Waals surface area (Å²) in [6, 6.07) is 0. The summed E-state index contributed by atoms with van der Waals surface area (Å²) in [4.78, 5) is 15.3. The van der Waals surface area contributed by atoms with E-state index in [1.54, 1.807) is 0 Å². The molecule has 0 amide bonds. The van der Waals surface area contributed by atoms with Gasteiger partial charge in [-0.25, -0.2) is 0 Å². The molecule has 0 spiro atoms. The van der Waals surface area contributed by atoms with Gasteiger partial charge in [0.25, 0.3) is 5.78 Å². The molecular weight excluding hydrogens is 216 g/mol. The Hall–Kier alpha value is -1.57. The van der Waals surface area contributed by atoms with Crippen LogP contribution in [0.5, 0.6) is 0 Å². The fourth-order valence-corrected chi connectivity index (χ4v) is 1.22. The van der Waals surface area contributed by atoms with Crippen molar-refractivity contribution in [3.8, 4) is 0 Å². The summed E-state index contributed by atoms with van der Waals surface area (Å²) in [5.41, 5.74) is 4.84. The first kappa shape index (κ1) is 11.5. The van der Waals surface area contributed by atoms with Crippen LogP contribution in [0.4, 0.5) is 5.82 Å². The predicted molar refractivity (Wildman–Crippen MR) is 58.9 cm³/mol. The number of fused-ring (bicyclic) bond motifs is 1. The molecular formula is C7H12N6OS. The van der Waals surface area contributed by atoms with Crippen LogP contribution in [0.2, 0.25) is 0 Å². The monoisotopic (exact) mass is 228 g/mol. The van der Waals surface area contributed by atoms with E-state index < -0.39 is 5.56 Å². The smallest absolute Gasteiger partial charge is 0.316 e. The van der Waals surface area contributed by atoms with Crippen molar-refractivity contribution in [1.29, 1.82) is 0 Å². The van der Waals surface area contributed by atoms with Gasteiger partial charge in [-0.3, -0.25) is 9.89 Å². The minimum atomic E-state index is -0.433. The summed E-state index contributed by atoms with van der Waals surface area (Å²) >= 11 is 1.37. The standard InChI is InChI=1S/C5H6N6OS.C2H6/c1-13-5-7-4-9-8-2(6)3(12)11(4)10-5;1-2/h1H3,(H2,6,8)(H,7,9,10);1-2H3. The quantitative estimate of drug-likeness (QED) is 0.673. The normalized spacial score (nSPS) is 9.80. The second-order valence-electron chi connectivity index (χ2n) is 2.26. The Morgan fingerprint density at radius 1 is 1.40 bits per heavy atom. The van der Waals surface area contributed by atoms with Crippen molar-refractivity contribution in [3.05, 3.63) is 10.4 Å². The SMILES string of the molecule is CC.CSc1nc2nnc(N)c(=O)n2[nH]1. The highest BCUT2D eigenvalue weighted by atomic mass is 32.2. The van der Waals surface area contributed by atoms with Gasteiger partial charge in [0.2, 0.25) is 5.82 Å². The molecule has 82 valence electrons. The van der Waals surface area contributed by atoms with Crippen molar-refractivity contribution < 1.29 is 0 Å². The zero-order valence-electron chi connectivity index (χ0n) is 8.68. The Morgan fingerprint density at radius 2 is 2.07 bits per heavy atom. The van der Waals surface area contributed by atoms with E-state index in [9.17, 15) is 4.79 Å². The van der Waals surface area contributed by atoms with Crippen molar-refractivity contribution in [3.63, 3.8) is 0 Å². The Bertz CT molecular complexity index is 504. The molecule has 0 aliphatic carbocycles. The number of aromatic amines is 1. The van der Waals surface area contributed by atoms with Crippen LogP contribution in [0.3, 0.4) is 0 Å². The summed E-state index contributed by atoms with van der Waals surface area (Å²) < 4.78 is 1.16. The molecule has 0 bridgehead atoms. The molecule has 2 heterocycles. The molecule has 0 atom stereocenters. The summed E-state index contributed by atoms with van der Waals surface area (Å²) in [7, 11) is 0. The molecule has 7 nitrogen and oxygen atoms in total. The van der Waals surface area contributed by atoms with E-state index in [0.29, 0.717) is 5.16 Å². The first-order valence-corrected chi connectivity index (χ1v) is 5.60. The van der Waals surface area contributed by atoms with Gasteiger partial charge >= 0.3 is 5.56 Å². The fourth-order valence-electron chi connectivity index (χ4n) is 0.867. The largest absolute Gasteiger partial charge is 0.378 e. The molecule has 0 radical (unpaired) electrons. The van der Waals surface area contributed by atoms with Crippen LogP contribution in [0.15, 0.2) is 9.95 Å². The van der Waals surface area contributed by atoms with Crippen molar-refractivity contribution >= 4 is 23.4 Å². The minimum absolute atomic E-state index is 0.145. The van der Waals surface area contributed by atoms with Crippen molar-refractivity contribution in [2.24, 2.45) is 0 Å². The van der Waals surface area contributed by atoms with E-state index in [0.717, 1.165) is 4.52 Å². The molecule has 2 rings (SSSR count). The first-order valence-electron chi connectivity index (χ1n) is 4.37. The van der Waals surface area contributed by atoms with Crippen molar-refractivity contribution in [2.45, 2.75) is 19.0 Å². The number of hydrogen-bond acceptors (Lipinski definition) is 6. The number of nitrogen functional groups attached to an aromatic ring is 1. The van der Waals surface area contributed by atoms with E-state index in [1.807, 2.05) is 20.1 Å². The lowest BCUT2D eigenvalue weighted by Crippen LogP contribution is -2.20. The lowest BCUT2D eigenvalue weighted by molar-refractivity contribution is 0.829. The highest BCUT2D eigenvalue weighted by molar-refractivity contribution is 7.98. The molecule has 0 fully saturated rings. The van der Waals surface area contributed by atoms with Crippen molar-refractivity contribution in [2.75, 3.05) is 12.0 Å². The van der Waals surface area contributed by atoms with Gasteiger partial charge in [-0.15, -0.1) is 10.2 Å². The number of hydrogen-bond donors (Lipinski definition) is 2. The van der Waals surface area contributed by atoms with Gasteiger partial charge in [-0.05, 0) is 6.26 Å². The second-order valence-corrected chi connectivity index (χ2v) is 3.05. The Morgan fingerprint density at radius 3 is 2.67 bits per heavy atom. The van der Waals surface area contributed by atoms with Gasteiger partial charge in [-0.1, -0.05) is 25.6 Å². The van der Waals surface area contributed by atoms with E-state index in [2.05, 4.69) is 20.3 Å². The number of nitrogens with zero attached hydrogens (tertiary/aromatic N) is 4. The van der Waals surface area contributed by atoms with Crippen LogP contribution < -0.4 is 11.3 Å². The highest BCUT2D eigenvalue weighted by Crippen LogP contribution is 2.07. The zero-order chi connectivity index (χ0) is 11.4. The average Bonchev–Trinajstić information content (AvgIpc) is 2.70. The molecule has 0 aliphatic rings. The number of thioether (sulfide) groups is 1. The van der Waals surface area contributed by atoms with Crippen LogP contribution in [0.1, 0.15) is 13.8 Å². The number of nitrogens with two attached hydrogens (primary N) is 1. The maximum absolute atomic E-state index is 11.3. The second kappa shape index (κ2) is 4.78. The van der Waals surface area contributed by atoms with E-state index in [1.165, 1.54) is 11.8 Å². The summed E-state index contributed by atoms with van der Waals surface area (Å²) in [5, 5.41) is 10.4. The zero-order valence-corrected chi connectivity index (χ0v) is 9.50. The van der Waals surface area contributed by atoms with E-state index >= 15 is 0 Å². The third kappa shape index (κ3) is 2.09. The molecule has 0 saturated carbocycles. The minimum Gasteiger partial charge on any atom is -0.378 e. The number of anilines is 1. The van der Waals surface area contributed by atoms with Gasteiger partial charge in [0.1, 0.15) is 0 Å². The Labute approximate surface area is 90.1 Å². The topological polar surface area (TPSA) is 102 Å². The number of nitrogens with one attached hydrogen (secondary N) is 1. The van der Waals surface area contributed by atoms with E-state index in [-0.39, 0.29) is 11.6 Å². The molecule has 3 N–H and O–H groups in total. The maximum atomic E-state index is 11.3. The van der Waals surface area contributed by atoms with Crippen LogP contribution in [-0.4, -0.2) is 31.1 Å². The molecule has 2 aromatic rings.